The Labute approximate surface area is 166 Å². The first-order valence-corrected chi connectivity index (χ1v) is 9.41. The molecule has 0 saturated heterocycles. The van der Waals surface area contributed by atoms with Gasteiger partial charge in [0.15, 0.2) is 6.10 Å². The molecule has 0 fully saturated rings. The van der Waals surface area contributed by atoms with Gasteiger partial charge in [-0.25, -0.2) is 0 Å². The van der Waals surface area contributed by atoms with Crippen molar-refractivity contribution in [1.82, 2.24) is 0 Å². The van der Waals surface area contributed by atoms with E-state index in [2.05, 4.69) is 17.4 Å². The molecule has 0 bridgehead atoms. The highest BCUT2D eigenvalue weighted by molar-refractivity contribution is 5.94. The van der Waals surface area contributed by atoms with E-state index in [1.807, 2.05) is 73.7 Å². The van der Waals surface area contributed by atoms with Crippen LogP contribution in [0.3, 0.4) is 0 Å². The van der Waals surface area contributed by atoms with Gasteiger partial charge in [-0.3, -0.25) is 4.79 Å². The van der Waals surface area contributed by atoms with E-state index in [4.69, 9.17) is 9.47 Å². The van der Waals surface area contributed by atoms with Gasteiger partial charge in [-0.2, -0.15) is 0 Å². The molecule has 0 radical (unpaired) electrons. The van der Waals surface area contributed by atoms with Crippen LogP contribution in [0.5, 0.6) is 11.5 Å². The largest absolute Gasteiger partial charge is 0.493 e. The lowest BCUT2D eigenvalue weighted by molar-refractivity contribution is -0.122. The molecule has 1 atom stereocenters. The third-order valence-electron chi connectivity index (χ3n) is 4.33. The van der Waals surface area contributed by atoms with Gasteiger partial charge in [-0.05, 0) is 55.8 Å². The Bertz CT molecular complexity index is 874. The lowest BCUT2D eigenvalue weighted by Gasteiger charge is -2.15. The first-order valence-electron chi connectivity index (χ1n) is 9.41. The smallest absolute Gasteiger partial charge is 0.265 e. The van der Waals surface area contributed by atoms with E-state index < -0.39 is 6.10 Å². The summed E-state index contributed by atoms with van der Waals surface area (Å²) >= 11 is 0. The molecule has 4 heteroatoms. The Balaban J connectivity index is 1.46. The molecule has 0 saturated carbocycles. The topological polar surface area (TPSA) is 47.6 Å². The number of aryl methyl sites for hydroxylation is 1. The third-order valence-corrected chi connectivity index (χ3v) is 4.33. The van der Waals surface area contributed by atoms with Crippen molar-refractivity contribution in [3.8, 4) is 11.5 Å². The number of amides is 1. The van der Waals surface area contributed by atoms with E-state index in [-0.39, 0.29) is 5.91 Å². The van der Waals surface area contributed by atoms with E-state index >= 15 is 0 Å². The highest BCUT2D eigenvalue weighted by atomic mass is 16.5. The minimum Gasteiger partial charge on any atom is -0.493 e. The van der Waals surface area contributed by atoms with Gasteiger partial charge >= 0.3 is 0 Å². The van der Waals surface area contributed by atoms with Crippen molar-refractivity contribution in [3.63, 3.8) is 0 Å². The molecule has 3 aromatic rings. The van der Waals surface area contributed by atoms with Gasteiger partial charge in [0.1, 0.15) is 11.5 Å². The van der Waals surface area contributed by atoms with E-state index in [0.29, 0.717) is 18.0 Å². The van der Waals surface area contributed by atoms with Crippen LogP contribution in [0.2, 0.25) is 0 Å². The molecular formula is C24H25NO3. The Hall–Kier alpha value is -3.27. The lowest BCUT2D eigenvalue weighted by atomic mass is 10.2. The SMILES string of the molecule is Cc1ccc(OC(C)C(=O)Nc2ccc(OCCc3ccccc3)cc2)cc1. The van der Waals surface area contributed by atoms with E-state index in [9.17, 15) is 4.79 Å². The fraction of sp³-hybridized carbons (Fsp3) is 0.208. The van der Waals surface area contributed by atoms with Gasteiger partial charge < -0.3 is 14.8 Å². The zero-order valence-electron chi connectivity index (χ0n) is 16.2. The molecule has 0 heterocycles. The summed E-state index contributed by atoms with van der Waals surface area (Å²) in [5, 5.41) is 2.86. The second kappa shape index (κ2) is 9.60. The van der Waals surface area contributed by atoms with Crippen LogP contribution in [0, 0.1) is 6.92 Å². The average Bonchev–Trinajstić information content (AvgIpc) is 2.72. The first-order chi connectivity index (χ1) is 13.6. The molecule has 0 aliphatic carbocycles. The fourth-order valence-electron chi connectivity index (χ4n) is 2.68. The molecular weight excluding hydrogens is 350 g/mol. The second-order valence-electron chi connectivity index (χ2n) is 6.67. The molecule has 4 nitrogen and oxygen atoms in total. The summed E-state index contributed by atoms with van der Waals surface area (Å²) in [4.78, 5) is 12.3. The molecule has 144 valence electrons. The predicted octanol–water partition coefficient (Wildman–Crippen LogP) is 5.02. The summed E-state index contributed by atoms with van der Waals surface area (Å²) in [6, 6.07) is 25.2. The number of benzene rings is 3. The van der Waals surface area contributed by atoms with Gasteiger partial charge in [0.2, 0.25) is 0 Å². The summed E-state index contributed by atoms with van der Waals surface area (Å²) in [7, 11) is 0. The summed E-state index contributed by atoms with van der Waals surface area (Å²) in [6.45, 7) is 4.35. The quantitative estimate of drug-likeness (QED) is 0.601. The van der Waals surface area contributed by atoms with Gasteiger partial charge in [-0.15, -0.1) is 0 Å². The number of rotatable bonds is 8. The van der Waals surface area contributed by atoms with Crippen LogP contribution in [0.4, 0.5) is 5.69 Å². The van der Waals surface area contributed by atoms with E-state index in [1.54, 1.807) is 6.92 Å². The summed E-state index contributed by atoms with van der Waals surface area (Å²) < 4.78 is 11.5. The van der Waals surface area contributed by atoms with Crippen molar-refractivity contribution >= 4 is 11.6 Å². The van der Waals surface area contributed by atoms with Gasteiger partial charge in [0, 0.05) is 12.1 Å². The van der Waals surface area contributed by atoms with Crippen LogP contribution < -0.4 is 14.8 Å². The average molecular weight is 375 g/mol. The Morgan fingerprint density at radius 2 is 1.54 bits per heavy atom. The number of nitrogens with one attached hydrogen (secondary N) is 1. The number of hydrogen-bond donors (Lipinski definition) is 1. The Kier molecular flexibility index (Phi) is 6.68. The number of carbonyl (C=O) groups excluding carboxylic acids is 1. The number of ether oxygens (including phenoxy) is 2. The molecule has 1 amide bonds. The molecule has 3 aromatic carbocycles. The minimum absolute atomic E-state index is 0.196. The van der Waals surface area contributed by atoms with Crippen LogP contribution in [-0.2, 0) is 11.2 Å². The molecule has 1 unspecified atom stereocenters. The van der Waals surface area contributed by atoms with Crippen molar-refractivity contribution < 1.29 is 14.3 Å². The standard InChI is InChI=1S/C24H25NO3/c1-18-8-12-23(13-9-18)28-19(2)24(26)25-21-10-14-22(15-11-21)27-17-16-20-6-4-3-5-7-20/h3-15,19H,16-17H2,1-2H3,(H,25,26). The maximum absolute atomic E-state index is 12.3. The molecule has 0 spiro atoms. The summed E-state index contributed by atoms with van der Waals surface area (Å²) in [5.74, 6) is 1.26. The van der Waals surface area contributed by atoms with E-state index in [0.717, 1.165) is 17.7 Å². The predicted molar refractivity (Wildman–Crippen MR) is 112 cm³/mol. The molecule has 28 heavy (non-hydrogen) atoms. The number of hydrogen-bond acceptors (Lipinski definition) is 3. The van der Waals surface area contributed by atoms with Crippen LogP contribution in [-0.4, -0.2) is 18.6 Å². The summed E-state index contributed by atoms with van der Waals surface area (Å²) in [6.07, 6.45) is 0.261. The zero-order chi connectivity index (χ0) is 19.8. The van der Waals surface area contributed by atoms with Crippen LogP contribution in [0.15, 0.2) is 78.9 Å². The summed E-state index contributed by atoms with van der Waals surface area (Å²) in [5.41, 5.74) is 3.10. The maximum Gasteiger partial charge on any atom is 0.265 e. The van der Waals surface area contributed by atoms with Crippen LogP contribution in [0.25, 0.3) is 0 Å². The minimum atomic E-state index is -0.593. The van der Waals surface area contributed by atoms with Gasteiger partial charge in [0.25, 0.3) is 5.91 Å². The zero-order valence-corrected chi connectivity index (χ0v) is 16.2. The molecule has 0 aromatic heterocycles. The molecule has 3 rings (SSSR count). The van der Waals surface area contributed by atoms with Crippen molar-refractivity contribution in [2.24, 2.45) is 0 Å². The molecule has 1 N–H and O–H groups in total. The van der Waals surface area contributed by atoms with Gasteiger partial charge in [0.05, 0.1) is 6.61 Å². The monoisotopic (exact) mass is 375 g/mol. The maximum atomic E-state index is 12.3. The van der Waals surface area contributed by atoms with E-state index in [1.165, 1.54) is 5.56 Å². The second-order valence-corrected chi connectivity index (χ2v) is 6.67. The fourth-order valence-corrected chi connectivity index (χ4v) is 2.68. The Morgan fingerprint density at radius 3 is 2.21 bits per heavy atom. The Morgan fingerprint density at radius 1 is 0.893 bits per heavy atom. The lowest BCUT2D eigenvalue weighted by Crippen LogP contribution is -2.30. The number of anilines is 1. The molecule has 0 aliphatic rings. The van der Waals surface area contributed by atoms with Crippen molar-refractivity contribution in [1.29, 1.82) is 0 Å². The highest BCUT2D eigenvalue weighted by Crippen LogP contribution is 2.18. The van der Waals surface area contributed by atoms with Crippen LogP contribution >= 0.6 is 0 Å². The first kappa shape index (κ1) is 19.5. The van der Waals surface area contributed by atoms with Crippen molar-refractivity contribution in [3.05, 3.63) is 90.0 Å². The number of carbonyl (C=O) groups is 1. The highest BCUT2D eigenvalue weighted by Gasteiger charge is 2.14. The van der Waals surface area contributed by atoms with Crippen molar-refractivity contribution in [2.75, 3.05) is 11.9 Å². The molecule has 0 aliphatic heterocycles. The van der Waals surface area contributed by atoms with Crippen LogP contribution in [0.1, 0.15) is 18.1 Å². The normalized spacial score (nSPS) is 11.5. The third kappa shape index (κ3) is 5.88. The van der Waals surface area contributed by atoms with Crippen molar-refractivity contribution in [2.45, 2.75) is 26.4 Å². The van der Waals surface area contributed by atoms with Gasteiger partial charge in [-0.1, -0.05) is 48.0 Å².